The zero-order chi connectivity index (χ0) is 36.0. The number of nitrogens with one attached hydrogen (secondary N) is 3. The molecule has 1 fully saturated rings. The van der Waals surface area contributed by atoms with Crippen LogP contribution in [0.15, 0.2) is 94.8 Å². The van der Waals surface area contributed by atoms with E-state index in [-0.39, 0.29) is 19.0 Å². The van der Waals surface area contributed by atoms with E-state index >= 15 is 4.39 Å². The molecule has 0 bridgehead atoms. The molecule has 0 aromatic carbocycles. The maximum absolute atomic E-state index is 15.3. The van der Waals surface area contributed by atoms with Crippen LogP contribution in [0.2, 0.25) is 0 Å². The highest BCUT2D eigenvalue weighted by Crippen LogP contribution is 2.45. The van der Waals surface area contributed by atoms with Gasteiger partial charge in [-0.25, -0.2) is 18.8 Å². The van der Waals surface area contributed by atoms with Gasteiger partial charge in [-0.05, 0) is 51.9 Å². The Morgan fingerprint density at radius 3 is 2.08 bits per heavy atom. The summed E-state index contributed by atoms with van der Waals surface area (Å²) in [6.45, 7) is 2.82. The summed E-state index contributed by atoms with van der Waals surface area (Å²) in [5, 5.41) is 15.8. The van der Waals surface area contributed by atoms with Gasteiger partial charge < -0.3 is 19.7 Å². The van der Waals surface area contributed by atoms with E-state index in [2.05, 4.69) is 78.1 Å². The van der Waals surface area contributed by atoms with Gasteiger partial charge in [0, 0.05) is 38.9 Å². The first kappa shape index (κ1) is 41.7. The molecule has 5 unspecified atom stereocenters. The van der Waals surface area contributed by atoms with Crippen molar-refractivity contribution >= 4 is 13.7 Å². The monoisotopic (exact) mass is 706 g/mol. The van der Waals surface area contributed by atoms with Gasteiger partial charge in [-0.1, -0.05) is 79.8 Å². The van der Waals surface area contributed by atoms with Crippen LogP contribution >= 0.6 is 7.75 Å². The predicted octanol–water partition coefficient (Wildman–Crippen LogP) is 5.48. The lowest BCUT2D eigenvalue weighted by Gasteiger charge is -2.24. The molecule has 14 heteroatoms. The van der Waals surface area contributed by atoms with Crippen molar-refractivity contribution < 1.29 is 32.6 Å². The highest BCUT2D eigenvalue weighted by atomic mass is 31.2. The van der Waals surface area contributed by atoms with E-state index in [1.165, 1.54) is 0 Å². The summed E-state index contributed by atoms with van der Waals surface area (Å²) in [4.78, 5) is 37.6. The number of carbonyl (C=O) groups excluding carboxylic acids is 1. The molecule has 1 amide bonds. The van der Waals surface area contributed by atoms with Crippen molar-refractivity contribution in [3.63, 3.8) is 0 Å². The molecule has 2 heterocycles. The second kappa shape index (κ2) is 23.0. The molecule has 1 aromatic heterocycles. The zero-order valence-corrected chi connectivity index (χ0v) is 29.6. The molecule has 2 rings (SSSR count). The van der Waals surface area contributed by atoms with Gasteiger partial charge in [0.25, 0.3) is 5.56 Å². The maximum atomic E-state index is 15.3. The van der Waals surface area contributed by atoms with E-state index in [1.807, 2.05) is 17.1 Å². The molecule has 1 aliphatic rings. The number of halogens is 1. The maximum Gasteiger partial charge on any atom is 0.405 e. The van der Waals surface area contributed by atoms with E-state index in [4.69, 9.17) is 13.8 Å². The van der Waals surface area contributed by atoms with Crippen LogP contribution in [-0.4, -0.2) is 65.2 Å². The molecule has 1 aromatic rings. The first-order valence-electron chi connectivity index (χ1n) is 16.6. The number of H-pyrrole nitrogens is 1. The molecule has 1 saturated heterocycles. The largest absolute Gasteiger partial charge is 0.405 e. The van der Waals surface area contributed by atoms with Crippen LogP contribution in [0.3, 0.4) is 0 Å². The Bertz CT molecular complexity index is 1480. The predicted molar refractivity (Wildman–Crippen MR) is 190 cm³/mol. The highest BCUT2D eigenvalue weighted by Gasteiger charge is 2.55. The smallest absolute Gasteiger partial charge is 0.387 e. The topological polar surface area (TPSA) is 161 Å². The van der Waals surface area contributed by atoms with E-state index in [9.17, 15) is 24.1 Å². The normalized spacial score (nSPS) is 22.9. The number of hydrogen-bond acceptors (Lipinski definition) is 8. The number of aromatic amines is 1. The number of ether oxygens (including phenoxy) is 1. The van der Waals surface area contributed by atoms with Gasteiger partial charge >= 0.3 is 13.4 Å². The molecule has 12 nitrogen and oxygen atoms in total. The summed E-state index contributed by atoms with van der Waals surface area (Å²) < 4.78 is 44.9. The quantitative estimate of drug-likeness (QED) is 0.0657. The van der Waals surface area contributed by atoms with Crippen LogP contribution < -0.4 is 21.7 Å². The van der Waals surface area contributed by atoms with Crippen molar-refractivity contribution in [1.82, 2.24) is 20.0 Å². The van der Waals surface area contributed by atoms with E-state index in [1.54, 1.807) is 0 Å². The average molecular weight is 707 g/mol. The number of amides is 1. The minimum atomic E-state index is -3.91. The third kappa shape index (κ3) is 15.8. The molecule has 0 spiro atoms. The number of alkyl halides is 1. The first-order valence-corrected chi connectivity index (χ1v) is 18.1. The fourth-order valence-corrected chi connectivity index (χ4v) is 5.69. The Kier molecular flexibility index (Phi) is 19.6. The van der Waals surface area contributed by atoms with E-state index in [0.29, 0.717) is 12.8 Å². The van der Waals surface area contributed by atoms with Crippen molar-refractivity contribution in [3.05, 3.63) is 106 Å². The first-order chi connectivity index (χ1) is 23.5. The minimum Gasteiger partial charge on any atom is -0.387 e. The van der Waals surface area contributed by atoms with Crippen LogP contribution in [0.4, 0.5) is 4.39 Å². The number of nitrogens with zero attached hydrogens (tertiary/aromatic N) is 1. The number of carbonyl (C=O) groups is 1. The standard InChI is InChI=1S/C35H52FN4O8P/c1-4-5-6-7-8-9-10-11-12-13-14-15-16-17-18-19-20-21-22-23-30(41)37-25-26-38-49(45,46-3)47-28-29-32(43)35(2,36)33(48-29)40-27-24-31(42)39-34(40)44/h5-6,8-9,11-12,14-15,17-18,20-21,24,27,29,32-33,43H,4,7,10,13,16,19,22-23,25-26,28H2,1-3H3,(H,37,41)(H,38,45)(H,39,42,44). The van der Waals surface area contributed by atoms with Gasteiger partial charge in [0.15, 0.2) is 11.9 Å². The summed E-state index contributed by atoms with van der Waals surface area (Å²) in [6.07, 6.45) is 28.4. The third-order valence-electron chi connectivity index (χ3n) is 7.36. The van der Waals surface area contributed by atoms with E-state index in [0.717, 1.165) is 69.4 Å². The Labute approximate surface area is 288 Å². The van der Waals surface area contributed by atoms with Crippen LogP contribution in [0.25, 0.3) is 0 Å². The molecular formula is C35H52FN4O8P. The number of allylic oxidation sites excluding steroid dienone is 12. The molecule has 272 valence electrons. The number of hydrogen-bond donors (Lipinski definition) is 4. The van der Waals surface area contributed by atoms with Crippen molar-refractivity contribution in [2.75, 3.05) is 26.8 Å². The summed E-state index contributed by atoms with van der Waals surface area (Å²) in [6, 6.07) is 1.02. The summed E-state index contributed by atoms with van der Waals surface area (Å²) in [5.41, 5.74) is -4.03. The SMILES string of the molecule is CCC=CCC=CCC=CCC=CCC=CCC=CCCC(=O)NCCNP(=O)(OC)OCC1OC(n2ccc(=O)[nH]c2=O)C(C)(F)C1O. The Hall–Kier alpha value is -3.45. The zero-order valence-electron chi connectivity index (χ0n) is 28.7. The van der Waals surface area contributed by atoms with Crippen LogP contribution in [0.5, 0.6) is 0 Å². The summed E-state index contributed by atoms with van der Waals surface area (Å²) >= 11 is 0. The summed E-state index contributed by atoms with van der Waals surface area (Å²) in [5.74, 6) is -0.178. The molecule has 4 N–H and O–H groups in total. The lowest BCUT2D eigenvalue weighted by Crippen LogP contribution is -2.43. The van der Waals surface area contributed by atoms with Gasteiger partial charge in [-0.2, -0.15) is 0 Å². The lowest BCUT2D eigenvalue weighted by molar-refractivity contribution is -0.120. The Balaban J connectivity index is 1.58. The van der Waals surface area contributed by atoms with Crippen molar-refractivity contribution in [1.29, 1.82) is 0 Å². The summed E-state index contributed by atoms with van der Waals surface area (Å²) in [7, 11) is -2.76. The molecular weight excluding hydrogens is 654 g/mol. The second-order valence-electron chi connectivity index (χ2n) is 11.3. The van der Waals surface area contributed by atoms with Gasteiger partial charge in [-0.15, -0.1) is 0 Å². The Morgan fingerprint density at radius 2 is 1.55 bits per heavy atom. The van der Waals surface area contributed by atoms with Crippen molar-refractivity contribution in [2.45, 2.75) is 89.3 Å². The van der Waals surface area contributed by atoms with E-state index < -0.39 is 49.7 Å². The van der Waals surface area contributed by atoms with Gasteiger partial charge in [0.1, 0.15) is 12.2 Å². The molecule has 0 saturated carbocycles. The van der Waals surface area contributed by atoms with Crippen molar-refractivity contribution in [2.24, 2.45) is 0 Å². The van der Waals surface area contributed by atoms with Gasteiger partial charge in [0.05, 0.1) is 6.61 Å². The average Bonchev–Trinajstić information content (AvgIpc) is 3.30. The third-order valence-corrected chi connectivity index (χ3v) is 8.94. The van der Waals surface area contributed by atoms with Crippen molar-refractivity contribution in [3.8, 4) is 0 Å². The second-order valence-corrected chi connectivity index (χ2v) is 13.3. The molecule has 0 aliphatic carbocycles. The minimum absolute atomic E-state index is 0.0427. The number of aliphatic hydroxyl groups is 1. The van der Waals surface area contributed by atoms with Crippen LogP contribution in [0, 0.1) is 0 Å². The molecule has 5 atom stereocenters. The molecule has 0 radical (unpaired) electrons. The van der Waals surface area contributed by atoms with Gasteiger partial charge in [-0.3, -0.25) is 23.7 Å². The Morgan fingerprint density at radius 1 is 1.00 bits per heavy atom. The number of aromatic nitrogens is 2. The molecule has 1 aliphatic heterocycles. The lowest BCUT2D eigenvalue weighted by atomic mass is 9.98. The number of rotatable bonds is 23. The fraction of sp³-hybridized carbons (Fsp3) is 0.514. The fourth-order valence-electron chi connectivity index (χ4n) is 4.63. The van der Waals surface area contributed by atoms with Crippen LogP contribution in [-0.2, 0) is 23.1 Å². The van der Waals surface area contributed by atoms with Crippen LogP contribution in [0.1, 0.15) is 71.4 Å². The number of aliphatic hydroxyl groups excluding tert-OH is 1. The van der Waals surface area contributed by atoms with Gasteiger partial charge in [0.2, 0.25) is 5.91 Å². The molecule has 49 heavy (non-hydrogen) atoms. The highest BCUT2D eigenvalue weighted by molar-refractivity contribution is 7.51.